The number of rotatable bonds is 11. The molecule has 9 atom stereocenters. The third kappa shape index (κ3) is 11.8. The van der Waals surface area contributed by atoms with Crippen LogP contribution in [-0.4, -0.2) is 144 Å². The van der Waals surface area contributed by atoms with Gasteiger partial charge in [-0.3, -0.25) is 24.2 Å². The number of aromatic hydroxyl groups is 2. The molecule has 0 aliphatic carbocycles. The number of likely N-dealkylation sites (tertiary alicyclic amines) is 1. The zero-order valence-electron chi connectivity index (χ0n) is 43.5. The fourth-order valence-electron chi connectivity index (χ4n) is 10.2. The minimum atomic E-state index is -2.00. The van der Waals surface area contributed by atoms with Crippen LogP contribution in [0.15, 0.2) is 46.1 Å². The van der Waals surface area contributed by atoms with Crippen molar-refractivity contribution >= 4 is 40.0 Å². The Bertz CT molecular complexity index is 2570. The van der Waals surface area contributed by atoms with Crippen molar-refractivity contribution in [2.24, 2.45) is 39.6 Å². The largest absolute Gasteiger partial charge is 0.507 e. The Labute approximate surface area is 416 Å². The number of phenolic OH excluding ortho intramolecular Hbond substituents is 2. The Hall–Kier alpha value is -5.40. The normalized spacial score (nSPS) is 29.7. The number of amides is 2. The van der Waals surface area contributed by atoms with Gasteiger partial charge in [0.05, 0.1) is 41.2 Å². The number of phenols is 2. The number of hydrogen-bond acceptors (Lipinski definition) is 16. The summed E-state index contributed by atoms with van der Waals surface area (Å²) in [6.45, 7) is 19.3. The van der Waals surface area contributed by atoms with Crippen LogP contribution in [0.3, 0.4) is 0 Å². The van der Waals surface area contributed by atoms with E-state index in [1.165, 1.54) is 26.4 Å². The number of aliphatic hydroxyl groups excluding tert-OH is 2. The van der Waals surface area contributed by atoms with Gasteiger partial charge in [0, 0.05) is 113 Å². The Kier molecular flexibility index (Phi) is 17.5. The SMILES string of the molecule is CO[C@H]1/C=C/O[C@@]2(C)Oc3c(C)c(O)c4c(O)c(c5c(c4c3C2=O)NC2(CCN(CC(C)C)CC2)N=5)=NC(=O)/C(C)=C\C=C\[C@H](C)[C@H](O)[C@@H](C)[C@@H](O)[C@@H](C)[C@H](OC(=O)CCCC(=O)NCCN(C)C)[C@@H]1C. The number of aliphatic hydroxyl groups is 2. The average molecular weight is 989 g/mol. The summed E-state index contributed by atoms with van der Waals surface area (Å²) in [5.41, 5.74) is -0.208. The summed E-state index contributed by atoms with van der Waals surface area (Å²) in [6, 6.07) is 0. The van der Waals surface area contributed by atoms with Crippen molar-refractivity contribution in [2.75, 3.05) is 59.2 Å². The number of anilines is 1. The number of carbonyl (C=O) groups is 4. The minimum absolute atomic E-state index is 0.0335. The van der Waals surface area contributed by atoms with Crippen molar-refractivity contribution in [2.45, 2.75) is 130 Å². The van der Waals surface area contributed by atoms with E-state index >= 15 is 0 Å². The summed E-state index contributed by atoms with van der Waals surface area (Å²) in [6.07, 6.45) is 4.94. The van der Waals surface area contributed by atoms with Crippen LogP contribution >= 0.6 is 0 Å². The Morgan fingerprint density at radius 2 is 1.66 bits per heavy atom. The number of carbonyl (C=O) groups excluding carboxylic acids is 4. The average Bonchev–Trinajstić information content (AvgIpc) is 3.82. The maximum absolute atomic E-state index is 14.9. The summed E-state index contributed by atoms with van der Waals surface area (Å²) < 4.78 is 24.6. The van der Waals surface area contributed by atoms with Gasteiger partial charge in [0.25, 0.3) is 11.7 Å². The summed E-state index contributed by atoms with van der Waals surface area (Å²) in [5, 5.41) is 54.1. The summed E-state index contributed by atoms with van der Waals surface area (Å²) in [7, 11) is 5.27. The van der Waals surface area contributed by atoms with E-state index in [0.29, 0.717) is 50.6 Å². The third-order valence-corrected chi connectivity index (χ3v) is 14.5. The molecule has 0 aromatic heterocycles. The van der Waals surface area contributed by atoms with Gasteiger partial charge < -0.3 is 59.8 Å². The van der Waals surface area contributed by atoms with E-state index in [-0.39, 0.29) is 74.9 Å². The molecule has 6 rings (SSSR count). The molecule has 4 bridgehead atoms. The van der Waals surface area contributed by atoms with Gasteiger partial charge in [-0.1, -0.05) is 59.8 Å². The van der Waals surface area contributed by atoms with Crippen LogP contribution in [0.25, 0.3) is 10.8 Å². The lowest BCUT2D eigenvalue weighted by molar-refractivity contribution is -0.163. The van der Waals surface area contributed by atoms with Crippen LogP contribution in [0, 0.1) is 36.5 Å². The fraction of sp³-hybridized carbons (Fsp3) is 0.623. The summed E-state index contributed by atoms with van der Waals surface area (Å²) >= 11 is 0. The van der Waals surface area contributed by atoms with Gasteiger partial charge in [-0.15, -0.1) is 0 Å². The molecular weight excluding hydrogens is 913 g/mol. The molecule has 2 aromatic carbocycles. The number of Topliss-reactive ketones (excluding diaryl/α,β-unsaturated/α-hetero) is 1. The number of ether oxygens (including phenoxy) is 4. The molecule has 4 heterocycles. The molecular formula is C53H76N6O12. The van der Waals surface area contributed by atoms with Crippen LogP contribution in [0.4, 0.5) is 5.69 Å². The quantitative estimate of drug-likeness (QED) is 0.133. The maximum Gasteiger partial charge on any atom is 0.312 e. The first-order valence-corrected chi connectivity index (χ1v) is 24.9. The van der Waals surface area contributed by atoms with Crippen molar-refractivity contribution in [1.29, 1.82) is 0 Å². The highest BCUT2D eigenvalue weighted by Crippen LogP contribution is 2.51. The molecule has 0 saturated carbocycles. The van der Waals surface area contributed by atoms with Crippen LogP contribution in [0.5, 0.6) is 17.2 Å². The van der Waals surface area contributed by atoms with Crippen LogP contribution < -0.4 is 26.1 Å². The molecule has 18 heteroatoms. The van der Waals surface area contributed by atoms with Crippen molar-refractivity contribution < 1.29 is 58.6 Å². The maximum atomic E-state index is 14.9. The molecule has 4 aliphatic rings. The van der Waals surface area contributed by atoms with Crippen molar-refractivity contribution in [3.63, 3.8) is 0 Å². The van der Waals surface area contributed by atoms with E-state index in [1.807, 2.05) is 19.0 Å². The number of nitrogens with zero attached hydrogens (tertiary/aromatic N) is 4. The standard InChI is InChI=1S/C53H76N6O12/c1-28(2)27-59-23-20-53(21-24-59)56-41-38-39-46(64)34(8)49-40(38)50(66)52(9,71-49)69-26-19-35(68-12)31(5)48(70-37(61)18-14-17-36(60)54-22-25-58(10)11)33(7)45(63)32(6)44(62)29(3)15-13-16-30(4)51(67)55-43(47(39)65)42(41)57-53/h13,15-16,19,26,28-29,31-33,35,44-45,48,56,62-65H,14,17-18,20-25,27H2,1-12H3,(H,54,60)/b15-13+,26-19+,30-16-,55-43?/t29-,31+,32+,33+,35-,44-,45+,48+,52-/m0/s1. The van der Waals surface area contributed by atoms with Gasteiger partial charge in [0.2, 0.25) is 5.91 Å². The molecule has 1 spiro atoms. The van der Waals surface area contributed by atoms with E-state index in [4.69, 9.17) is 23.9 Å². The second-order valence-corrected chi connectivity index (χ2v) is 20.9. The van der Waals surface area contributed by atoms with E-state index in [1.54, 1.807) is 59.8 Å². The van der Waals surface area contributed by atoms with Gasteiger partial charge in [-0.2, -0.15) is 0 Å². The second-order valence-electron chi connectivity index (χ2n) is 20.9. The zero-order chi connectivity index (χ0) is 52.3. The van der Waals surface area contributed by atoms with E-state index < -0.39 is 82.9 Å². The first kappa shape index (κ1) is 54.9. The highest BCUT2D eigenvalue weighted by Gasteiger charge is 2.51. The lowest BCUT2D eigenvalue weighted by Gasteiger charge is -2.38. The highest BCUT2D eigenvalue weighted by molar-refractivity contribution is 6.21. The van der Waals surface area contributed by atoms with Crippen LogP contribution in [0.2, 0.25) is 0 Å². The van der Waals surface area contributed by atoms with E-state index in [2.05, 4.69) is 34.4 Å². The van der Waals surface area contributed by atoms with Crippen molar-refractivity contribution in [3.05, 3.63) is 58.0 Å². The molecule has 1 fully saturated rings. The van der Waals surface area contributed by atoms with Gasteiger partial charge in [-0.05, 0) is 46.4 Å². The lowest BCUT2D eigenvalue weighted by Crippen LogP contribution is -2.47. The first-order valence-electron chi connectivity index (χ1n) is 24.9. The molecule has 0 radical (unpaired) electrons. The molecule has 1 saturated heterocycles. The topological polar surface area (TPSA) is 241 Å². The van der Waals surface area contributed by atoms with Gasteiger partial charge in [-0.25, -0.2) is 4.99 Å². The molecule has 18 nitrogen and oxygen atoms in total. The number of fused-ring (bicyclic) bond motifs is 1. The first-order chi connectivity index (χ1) is 33.4. The Balaban J connectivity index is 1.43. The number of benzene rings is 2. The van der Waals surface area contributed by atoms with E-state index in [0.717, 1.165) is 6.54 Å². The number of nitrogens with one attached hydrogen (secondary N) is 2. The van der Waals surface area contributed by atoms with Crippen LogP contribution in [-0.2, 0) is 28.6 Å². The molecule has 2 amide bonds. The molecule has 6 N–H and O–H groups in total. The Morgan fingerprint density at radius 1 is 0.972 bits per heavy atom. The number of ketones is 1. The smallest absolute Gasteiger partial charge is 0.312 e. The predicted molar refractivity (Wildman–Crippen MR) is 267 cm³/mol. The number of methoxy groups -OCH3 is 1. The lowest BCUT2D eigenvalue weighted by atomic mass is 9.78. The molecule has 71 heavy (non-hydrogen) atoms. The van der Waals surface area contributed by atoms with Crippen LogP contribution in [0.1, 0.15) is 103 Å². The monoisotopic (exact) mass is 989 g/mol. The summed E-state index contributed by atoms with van der Waals surface area (Å²) in [4.78, 5) is 68.8. The Morgan fingerprint density at radius 3 is 2.31 bits per heavy atom. The minimum Gasteiger partial charge on any atom is -0.507 e. The fourth-order valence-corrected chi connectivity index (χ4v) is 10.2. The number of piperidine rings is 1. The van der Waals surface area contributed by atoms with Gasteiger partial charge in [0.15, 0.2) is 5.75 Å². The second kappa shape index (κ2) is 22.6. The molecule has 4 aliphatic heterocycles. The van der Waals surface area contributed by atoms with Crippen molar-refractivity contribution in [1.82, 2.24) is 15.1 Å². The van der Waals surface area contributed by atoms with E-state index in [9.17, 15) is 39.6 Å². The number of allylic oxidation sites excluding steroid dienone is 2. The zero-order valence-corrected chi connectivity index (χ0v) is 43.5. The molecule has 2 aromatic rings. The van der Waals surface area contributed by atoms with Gasteiger partial charge in [0.1, 0.15) is 34.0 Å². The number of esters is 1. The molecule has 390 valence electrons. The predicted octanol–water partition coefficient (Wildman–Crippen LogP) is 4.58. The van der Waals surface area contributed by atoms with Gasteiger partial charge >= 0.3 is 11.8 Å². The highest BCUT2D eigenvalue weighted by atomic mass is 16.7. The number of likely N-dealkylation sites (N-methyl/N-ethyl adjacent to an activating group) is 1. The van der Waals surface area contributed by atoms with Crippen molar-refractivity contribution in [3.8, 4) is 17.2 Å². The third-order valence-electron chi connectivity index (χ3n) is 14.5. The molecule has 0 unspecified atom stereocenters. The summed E-state index contributed by atoms with van der Waals surface area (Å²) in [5.74, 6) is -7.23. The number of hydrogen-bond donors (Lipinski definition) is 6.